The summed E-state index contributed by atoms with van der Waals surface area (Å²) < 4.78 is 11.8. The fourth-order valence-electron chi connectivity index (χ4n) is 9.12. The third-order valence-electron chi connectivity index (χ3n) is 12.5. The van der Waals surface area contributed by atoms with Gasteiger partial charge in [0.15, 0.2) is 8.32 Å². The fourth-order valence-corrected chi connectivity index (χ4v) is 14.6. The molecule has 1 aromatic heterocycles. The van der Waals surface area contributed by atoms with Crippen LogP contribution in [0.4, 0.5) is 11.4 Å². The Bertz CT molecular complexity index is 2800. The van der Waals surface area contributed by atoms with E-state index in [0.717, 1.165) is 28.6 Å². The summed E-state index contributed by atoms with van der Waals surface area (Å²) in [5.74, 6) is 11.2. The summed E-state index contributed by atoms with van der Waals surface area (Å²) >= 11 is 0. The summed E-state index contributed by atoms with van der Waals surface area (Å²) in [7, 11) is -1.88. The monoisotopic (exact) mass is 917 g/mol. The number of rotatable bonds is 11. The Morgan fingerprint density at radius 1 is 0.500 bits per heavy atom. The number of non-ortho nitro benzene ring substituents is 2. The van der Waals surface area contributed by atoms with E-state index in [2.05, 4.69) is 205 Å². The van der Waals surface area contributed by atoms with Crippen molar-refractivity contribution < 1.29 is 19.0 Å². The molecule has 0 spiro atoms. The largest absolute Gasteiger partial charge is 0.415 e. The summed E-state index contributed by atoms with van der Waals surface area (Å²) in [6.45, 7) is 14.1. The third kappa shape index (κ3) is 11.7. The van der Waals surface area contributed by atoms with Gasteiger partial charge in [-0.2, -0.15) is 0 Å². The van der Waals surface area contributed by atoms with Gasteiger partial charge in [-0.3, -0.25) is 20.2 Å². The van der Waals surface area contributed by atoms with E-state index in [4.69, 9.17) is 14.1 Å². The van der Waals surface area contributed by atoms with E-state index in [9.17, 15) is 20.2 Å². The Morgan fingerprint density at radius 2 is 0.838 bits per heavy atom. The van der Waals surface area contributed by atoms with Crippen molar-refractivity contribution in [3.8, 4) is 90.7 Å². The van der Waals surface area contributed by atoms with Crippen LogP contribution in [-0.2, 0) is 15.8 Å². The van der Waals surface area contributed by atoms with Crippen molar-refractivity contribution in [3.63, 3.8) is 0 Å². The molecule has 9 nitrogen and oxygen atoms in total. The second-order valence-electron chi connectivity index (χ2n) is 17.7. The highest BCUT2D eigenvalue weighted by Crippen LogP contribution is 2.42. The topological polar surface area (TPSA) is 118 Å². The van der Waals surface area contributed by atoms with E-state index in [1.807, 2.05) is 0 Å². The van der Waals surface area contributed by atoms with Crippen molar-refractivity contribution >= 4 is 19.7 Å². The molecule has 8 aliphatic heterocycles. The van der Waals surface area contributed by atoms with Crippen LogP contribution in [0.5, 0.6) is 0 Å². The van der Waals surface area contributed by atoms with E-state index in [-0.39, 0.29) is 24.6 Å². The van der Waals surface area contributed by atoms with E-state index in [1.165, 1.54) is 56.6 Å². The summed E-state index contributed by atoms with van der Waals surface area (Å²) in [6.07, 6.45) is 0.605. The Hall–Kier alpha value is -7.47. The lowest BCUT2D eigenvalue weighted by atomic mass is 9.96. The number of fused-ring (bicyclic) bond motifs is 1. The molecule has 0 saturated carbocycles. The lowest BCUT2D eigenvalue weighted by Gasteiger charge is -2.42. The molecule has 7 aromatic rings. The number of nitro groups is 2. The standard InChI is InChI=1S/C35H23N.C23H32N2O6Si/c1-2-34-32-20-16-30(17-21-32)28-12-8-26(9-13-28)24-4-6-25(7-5-24)27-10-14-29(15-11-27)31-18-22-33(23-19-31)35(3-1)36-34;1-18(2)32(19(3)4,20(5)6)31-13-11-9-7-8-10-12-30-17-21-14-22(24(26)27)16-23(15-21)25(28)29/h1-23H;14-16,18-20H,11-13,17H2,1-6H3. The van der Waals surface area contributed by atoms with Gasteiger partial charge in [0.05, 0.1) is 33.9 Å². The SMILES string of the molecule is CC(C)[Si](OCCC#CC#CCOCc1cc([N+](=O)[O-])cc([N+](=O)[O-])c1)(C(C)C)C(C)C.c1cc2nc(c1)-c1ccc(cc1)-c1ccc(cc1)-c1ccc(cc1)-c1ccc(cc1)-c1ccc-2cc1. The molecule has 9 heterocycles. The summed E-state index contributed by atoms with van der Waals surface area (Å²) in [5, 5.41) is 21.8. The average molecular weight is 918 g/mol. The van der Waals surface area contributed by atoms with Crippen LogP contribution in [0.3, 0.4) is 0 Å². The lowest BCUT2D eigenvalue weighted by molar-refractivity contribution is -0.394. The number of hydrogen-bond acceptors (Lipinski definition) is 7. The maximum atomic E-state index is 10.9. The van der Waals surface area contributed by atoms with Crippen molar-refractivity contribution in [3.05, 3.63) is 184 Å². The number of aromatic nitrogens is 1. The molecule has 0 amide bonds. The lowest BCUT2D eigenvalue weighted by Crippen LogP contribution is -2.47. The van der Waals surface area contributed by atoms with Crippen molar-refractivity contribution in [2.75, 3.05) is 13.2 Å². The van der Waals surface area contributed by atoms with Gasteiger partial charge in [-0.1, -0.05) is 181 Å². The maximum Gasteiger partial charge on any atom is 0.276 e. The predicted molar refractivity (Wildman–Crippen MR) is 277 cm³/mol. The second kappa shape index (κ2) is 22.3. The first-order chi connectivity index (χ1) is 32.8. The summed E-state index contributed by atoms with van der Waals surface area (Å²) in [5.41, 5.74) is 15.1. The Balaban J connectivity index is 0.000000204. The zero-order valence-electron chi connectivity index (χ0n) is 39.4. The molecule has 0 saturated heterocycles. The minimum atomic E-state index is -1.88. The number of nitrogens with zero attached hydrogens (tertiary/aromatic N) is 3. The minimum absolute atomic E-state index is 0.0230. The maximum absolute atomic E-state index is 10.9. The van der Waals surface area contributed by atoms with Crippen molar-refractivity contribution in [1.82, 2.24) is 4.98 Å². The predicted octanol–water partition coefficient (Wildman–Crippen LogP) is 15.0. The van der Waals surface area contributed by atoms with Gasteiger partial charge in [-0.25, -0.2) is 4.98 Å². The molecular weight excluding hydrogens is 863 g/mol. The van der Waals surface area contributed by atoms with Crippen LogP contribution in [0.1, 0.15) is 53.5 Å². The molecule has 0 N–H and O–H groups in total. The van der Waals surface area contributed by atoms with Gasteiger partial charge in [0.1, 0.15) is 6.61 Å². The zero-order chi connectivity index (χ0) is 48.2. The third-order valence-corrected chi connectivity index (χ3v) is 18.6. The quantitative estimate of drug-likeness (QED) is 0.0417. The van der Waals surface area contributed by atoms with Crippen molar-refractivity contribution in [2.24, 2.45) is 0 Å². The molecule has 8 aliphatic rings. The van der Waals surface area contributed by atoms with Crippen LogP contribution < -0.4 is 0 Å². The van der Waals surface area contributed by atoms with Crippen LogP contribution in [0, 0.1) is 43.9 Å². The van der Waals surface area contributed by atoms with E-state index >= 15 is 0 Å². The molecule has 68 heavy (non-hydrogen) atoms. The van der Waals surface area contributed by atoms with Gasteiger partial charge in [-0.05, 0) is 90.7 Å². The zero-order valence-corrected chi connectivity index (χ0v) is 40.4. The minimum Gasteiger partial charge on any atom is -0.415 e. The number of nitro benzene ring substituents is 2. The van der Waals surface area contributed by atoms with Crippen molar-refractivity contribution in [2.45, 2.75) is 71.2 Å². The van der Waals surface area contributed by atoms with Crippen LogP contribution in [0.2, 0.25) is 16.6 Å². The first-order valence-electron chi connectivity index (χ1n) is 22.9. The number of hydrogen-bond donors (Lipinski definition) is 0. The van der Waals surface area contributed by atoms with Crippen LogP contribution >= 0.6 is 0 Å². The Morgan fingerprint density at radius 3 is 1.18 bits per heavy atom. The van der Waals surface area contributed by atoms with Gasteiger partial charge in [0.25, 0.3) is 11.4 Å². The van der Waals surface area contributed by atoms with Crippen LogP contribution in [0.15, 0.2) is 158 Å². The first-order valence-corrected chi connectivity index (χ1v) is 25.1. The molecule has 10 heteroatoms. The number of benzene rings is 6. The van der Waals surface area contributed by atoms with Gasteiger partial charge in [0, 0.05) is 36.3 Å². The Kier molecular flexibility index (Phi) is 15.9. The summed E-state index contributed by atoms with van der Waals surface area (Å²) in [6, 6.07) is 53.5. The molecule has 0 atom stereocenters. The molecule has 0 radical (unpaired) electrons. The molecule has 6 aromatic carbocycles. The highest BCUT2D eigenvalue weighted by molar-refractivity contribution is 6.77. The Labute approximate surface area is 400 Å². The number of ether oxygens (including phenoxy) is 1. The smallest absolute Gasteiger partial charge is 0.276 e. The van der Waals surface area contributed by atoms with E-state index in [1.54, 1.807) is 0 Å². The van der Waals surface area contributed by atoms with Gasteiger partial charge >= 0.3 is 0 Å². The van der Waals surface area contributed by atoms with Crippen LogP contribution in [0.25, 0.3) is 67.0 Å². The second-order valence-corrected chi connectivity index (χ2v) is 23.1. The van der Waals surface area contributed by atoms with Gasteiger partial charge in [-0.15, -0.1) is 0 Å². The molecule has 12 bridgehead atoms. The first kappa shape index (κ1) is 48.5. The van der Waals surface area contributed by atoms with E-state index < -0.39 is 18.2 Å². The molecule has 15 rings (SSSR count). The van der Waals surface area contributed by atoms with Crippen molar-refractivity contribution in [1.29, 1.82) is 0 Å². The summed E-state index contributed by atoms with van der Waals surface area (Å²) in [4.78, 5) is 25.4. The molecular formula is C58H55N3O6Si. The normalized spacial score (nSPS) is 11.2. The van der Waals surface area contributed by atoms with E-state index in [0.29, 0.717) is 35.2 Å². The van der Waals surface area contributed by atoms with Gasteiger partial charge < -0.3 is 9.16 Å². The van der Waals surface area contributed by atoms with Gasteiger partial charge in [0.2, 0.25) is 0 Å². The molecule has 0 aliphatic carbocycles. The number of pyridine rings is 1. The average Bonchev–Trinajstić information content (AvgIpc) is 3.35. The highest BCUT2D eigenvalue weighted by Gasteiger charge is 2.44. The molecule has 342 valence electrons. The fraction of sp³-hybridized carbons (Fsp3) is 0.224. The van der Waals surface area contributed by atoms with Crippen LogP contribution in [-0.4, -0.2) is 36.4 Å². The molecule has 0 unspecified atom stereocenters. The molecule has 0 fully saturated rings. The highest BCUT2D eigenvalue weighted by atomic mass is 28.4.